The third-order valence-electron chi connectivity index (χ3n) is 18.2. The molecule has 21 atom stereocenters. The minimum atomic E-state index is -1.63. The average Bonchev–Trinajstić information content (AvgIpc) is 3.52. The summed E-state index contributed by atoms with van der Waals surface area (Å²) in [6.07, 6.45) is -7.81. The molecule has 8 aliphatic rings. The highest BCUT2D eigenvalue weighted by atomic mass is 16.7. The highest BCUT2D eigenvalue weighted by Crippen LogP contribution is 2.89. The van der Waals surface area contributed by atoms with Crippen LogP contribution in [0, 0.1) is 44.8 Å². The standard InChI is InChI=1S/C45H72O16/c1-21(47)56-26-19-55-38(34(31(26)51)57-22(2)48)60-28-11-13-45-20-44(45)15-14-41(7)35(43(9)12-10-29(61-43)40(5,6)54)23(49)17-42(41,8)27(44)16-24(36(45)39(28,3)4)58-37-33(53)32(52)30(50)25(18-46)59-37/h23-38,46,49-54H,10-20H2,1-9H3/t23-,24+,25+,26+,27-,28-,29+,30+,31-,32-,33+,34+,35-,36-,37+,38-,41+,42-,43+,44-,45+/m0/s1. The topological polar surface area (TPSA) is 240 Å². The molecule has 2 spiro atoms. The number of rotatable bonds is 9. The number of hydrogen-bond donors (Lipinski definition) is 7. The summed E-state index contributed by atoms with van der Waals surface area (Å²) < 4.78 is 43.4. The Labute approximate surface area is 358 Å². The van der Waals surface area contributed by atoms with Gasteiger partial charge in [0.05, 0.1) is 48.8 Å². The molecule has 0 aromatic rings. The first-order valence-corrected chi connectivity index (χ1v) is 22.6. The van der Waals surface area contributed by atoms with Crippen LogP contribution >= 0.6 is 0 Å². The number of ether oxygens (including phenoxy) is 7. The van der Waals surface area contributed by atoms with Crippen LogP contribution in [0.4, 0.5) is 0 Å². The van der Waals surface area contributed by atoms with Crippen molar-refractivity contribution in [1.82, 2.24) is 0 Å². The smallest absolute Gasteiger partial charge is 0.303 e. The predicted octanol–water partition coefficient (Wildman–Crippen LogP) is 1.87. The number of aliphatic hydroxyl groups excluding tert-OH is 6. The quantitative estimate of drug-likeness (QED) is 0.129. The summed E-state index contributed by atoms with van der Waals surface area (Å²) in [6.45, 7) is 16.2. The number of carbonyl (C=O) groups excluding carboxylic acids is 2. The molecule has 3 saturated heterocycles. The van der Waals surface area contributed by atoms with Gasteiger partial charge in [0, 0.05) is 19.8 Å². The van der Waals surface area contributed by atoms with Crippen LogP contribution in [-0.4, -0.2) is 152 Å². The van der Waals surface area contributed by atoms with E-state index in [0.717, 1.165) is 32.1 Å². The number of esters is 2. The minimum absolute atomic E-state index is 0.0660. The molecule has 16 nitrogen and oxygen atoms in total. The molecular weight excluding hydrogens is 796 g/mol. The van der Waals surface area contributed by atoms with Gasteiger partial charge >= 0.3 is 11.9 Å². The molecule has 348 valence electrons. The zero-order chi connectivity index (χ0) is 44.6. The summed E-state index contributed by atoms with van der Waals surface area (Å²) in [5, 5.41) is 77.6. The third-order valence-corrected chi connectivity index (χ3v) is 18.2. The maximum atomic E-state index is 12.3. The van der Waals surface area contributed by atoms with Gasteiger partial charge in [0.25, 0.3) is 0 Å². The van der Waals surface area contributed by atoms with Crippen LogP contribution in [-0.2, 0) is 42.7 Å². The second-order valence-corrected chi connectivity index (χ2v) is 22.2. The maximum absolute atomic E-state index is 12.3. The van der Waals surface area contributed by atoms with Crippen molar-refractivity contribution in [1.29, 1.82) is 0 Å². The largest absolute Gasteiger partial charge is 0.457 e. The monoisotopic (exact) mass is 868 g/mol. The number of fused-ring (bicyclic) bond motifs is 2. The molecule has 61 heavy (non-hydrogen) atoms. The lowest BCUT2D eigenvalue weighted by Crippen LogP contribution is -2.65. The van der Waals surface area contributed by atoms with E-state index >= 15 is 0 Å². The Hall–Kier alpha value is -1.54. The van der Waals surface area contributed by atoms with Gasteiger partial charge in [-0.1, -0.05) is 27.7 Å². The zero-order valence-electron chi connectivity index (χ0n) is 37.3. The Morgan fingerprint density at radius 3 is 2.07 bits per heavy atom. The van der Waals surface area contributed by atoms with Crippen molar-refractivity contribution >= 4 is 11.9 Å². The molecule has 0 bridgehead atoms. The van der Waals surface area contributed by atoms with Crippen LogP contribution < -0.4 is 0 Å². The summed E-state index contributed by atoms with van der Waals surface area (Å²) in [6, 6.07) is 0. The van der Waals surface area contributed by atoms with Gasteiger partial charge in [0.2, 0.25) is 0 Å². The number of aliphatic hydroxyl groups is 7. The Balaban J connectivity index is 1.14. The predicted molar refractivity (Wildman–Crippen MR) is 213 cm³/mol. The molecule has 0 unspecified atom stereocenters. The molecule has 16 heteroatoms. The summed E-state index contributed by atoms with van der Waals surface area (Å²) >= 11 is 0. The molecule has 3 aliphatic heterocycles. The van der Waals surface area contributed by atoms with E-state index < -0.39 is 109 Å². The van der Waals surface area contributed by atoms with Crippen molar-refractivity contribution in [2.24, 2.45) is 44.8 Å². The lowest BCUT2D eigenvalue weighted by Gasteiger charge is -2.65. The first kappa shape index (κ1) is 46.0. The Morgan fingerprint density at radius 1 is 0.754 bits per heavy atom. The van der Waals surface area contributed by atoms with Gasteiger partial charge < -0.3 is 68.9 Å². The number of carbonyl (C=O) groups is 2. The van der Waals surface area contributed by atoms with Gasteiger partial charge in [-0.15, -0.1) is 0 Å². The van der Waals surface area contributed by atoms with Crippen molar-refractivity contribution in [3.05, 3.63) is 0 Å². The molecular formula is C45H72O16. The van der Waals surface area contributed by atoms with Gasteiger partial charge in [-0.3, -0.25) is 9.59 Å². The summed E-state index contributed by atoms with van der Waals surface area (Å²) in [5.74, 6) is -1.62. The highest BCUT2D eigenvalue weighted by molar-refractivity contribution is 5.67. The first-order chi connectivity index (χ1) is 28.3. The third kappa shape index (κ3) is 6.89. The molecule has 8 fully saturated rings. The molecule has 0 amide bonds. The Bertz CT molecular complexity index is 1680. The van der Waals surface area contributed by atoms with Crippen LogP contribution in [0.15, 0.2) is 0 Å². The van der Waals surface area contributed by atoms with Gasteiger partial charge in [-0.05, 0) is 117 Å². The molecule has 0 radical (unpaired) electrons. The van der Waals surface area contributed by atoms with Gasteiger partial charge in [-0.2, -0.15) is 0 Å². The van der Waals surface area contributed by atoms with Gasteiger partial charge in [0.15, 0.2) is 24.8 Å². The van der Waals surface area contributed by atoms with Crippen LogP contribution in [0.1, 0.15) is 120 Å². The van der Waals surface area contributed by atoms with E-state index in [4.69, 9.17) is 33.2 Å². The van der Waals surface area contributed by atoms with E-state index in [0.29, 0.717) is 25.7 Å². The summed E-state index contributed by atoms with van der Waals surface area (Å²) in [7, 11) is 0. The van der Waals surface area contributed by atoms with Crippen molar-refractivity contribution < 1.29 is 78.5 Å². The SMILES string of the molecule is CC(=O)O[C@H]1[C@H](O[C@H]2CC[C@]34C[C@]35CC[C@]3(C)[C@@H]([C@@]6(C)CC[C@H](C(C)(C)O)O6)[C@@H](O)C[C@@]3(C)[C@@H]5C[C@@H](O[C@@H]3O[C@H](CO)[C@@H](O)[C@H](O)[C@H]3O)[C@H]4C2(C)C)OC[C@@H](OC(C)=O)[C@@H]1O. The van der Waals surface area contributed by atoms with E-state index in [1.807, 2.05) is 0 Å². The molecule has 8 rings (SSSR count). The van der Waals surface area contributed by atoms with Crippen LogP contribution in [0.3, 0.4) is 0 Å². The zero-order valence-corrected chi connectivity index (χ0v) is 37.3. The van der Waals surface area contributed by atoms with Crippen molar-refractivity contribution in [3.8, 4) is 0 Å². The fourth-order valence-corrected chi connectivity index (χ4v) is 15.5. The van der Waals surface area contributed by atoms with Crippen LogP contribution in [0.25, 0.3) is 0 Å². The van der Waals surface area contributed by atoms with Gasteiger partial charge in [0.1, 0.15) is 30.5 Å². The van der Waals surface area contributed by atoms with Crippen molar-refractivity contribution in [2.45, 2.75) is 211 Å². The lowest BCUT2D eigenvalue weighted by molar-refractivity contribution is -0.339. The van der Waals surface area contributed by atoms with Crippen molar-refractivity contribution in [2.75, 3.05) is 13.2 Å². The summed E-state index contributed by atoms with van der Waals surface area (Å²) in [4.78, 5) is 24.1. The highest BCUT2D eigenvalue weighted by Gasteiger charge is 2.85. The minimum Gasteiger partial charge on any atom is -0.457 e. The maximum Gasteiger partial charge on any atom is 0.303 e. The molecule has 5 saturated carbocycles. The molecule has 5 aliphatic carbocycles. The number of hydrogen-bond acceptors (Lipinski definition) is 16. The second-order valence-electron chi connectivity index (χ2n) is 22.2. The molecule has 3 heterocycles. The van der Waals surface area contributed by atoms with Gasteiger partial charge in [-0.25, -0.2) is 0 Å². The fourth-order valence-electron chi connectivity index (χ4n) is 15.5. The van der Waals surface area contributed by atoms with Crippen LogP contribution in [0.5, 0.6) is 0 Å². The van der Waals surface area contributed by atoms with Crippen molar-refractivity contribution in [3.63, 3.8) is 0 Å². The average molecular weight is 869 g/mol. The molecule has 0 aromatic heterocycles. The second kappa shape index (κ2) is 15.3. The fraction of sp³-hybridized carbons (Fsp3) is 0.956. The van der Waals surface area contributed by atoms with E-state index in [9.17, 15) is 45.3 Å². The van der Waals surface area contributed by atoms with E-state index in [2.05, 4.69) is 34.6 Å². The normalized spacial score (nSPS) is 53.8. The Morgan fingerprint density at radius 2 is 1.44 bits per heavy atom. The summed E-state index contributed by atoms with van der Waals surface area (Å²) in [5.41, 5.74) is -3.44. The molecule has 0 aromatic carbocycles. The van der Waals surface area contributed by atoms with E-state index in [1.165, 1.54) is 13.8 Å². The molecule has 7 N–H and O–H groups in total. The van der Waals surface area contributed by atoms with Crippen LogP contribution in [0.2, 0.25) is 0 Å². The first-order valence-electron chi connectivity index (χ1n) is 22.6. The van der Waals surface area contributed by atoms with E-state index in [1.54, 1.807) is 13.8 Å². The Kier molecular flexibility index (Phi) is 11.5. The lowest BCUT2D eigenvalue weighted by atomic mass is 9.41. The van der Waals surface area contributed by atoms with E-state index in [-0.39, 0.29) is 52.1 Å².